The molecule has 0 aromatic heterocycles. The Bertz CT molecular complexity index is 795. The van der Waals surface area contributed by atoms with Crippen LogP contribution in [0.15, 0.2) is 36.4 Å². The molecule has 0 radical (unpaired) electrons. The number of fused-ring (bicyclic) bond motifs is 1. The molecule has 1 unspecified atom stereocenters. The van der Waals surface area contributed by atoms with Gasteiger partial charge in [0.25, 0.3) is 5.91 Å². The lowest BCUT2D eigenvalue weighted by Gasteiger charge is -2.26. The molecule has 1 N–H and O–H groups in total. The molecule has 0 fully saturated rings. The molecule has 6 heteroatoms. The molecule has 25 heavy (non-hydrogen) atoms. The lowest BCUT2D eigenvalue weighted by molar-refractivity contribution is 0.102. The van der Waals surface area contributed by atoms with E-state index in [-0.39, 0.29) is 10.9 Å². The number of benzene rings is 2. The predicted octanol–water partition coefficient (Wildman–Crippen LogP) is 4.70. The number of nitrogens with zero attached hydrogens (tertiary/aromatic N) is 1. The summed E-state index contributed by atoms with van der Waals surface area (Å²) in [6.45, 7) is 3.71. The number of hydrogen-bond acceptors (Lipinski definition) is 3. The van der Waals surface area contributed by atoms with E-state index in [4.69, 9.17) is 16.3 Å². The molecular formula is C19H20BrClN2O2. The van der Waals surface area contributed by atoms with Gasteiger partial charge in [0.05, 0.1) is 0 Å². The van der Waals surface area contributed by atoms with Gasteiger partial charge in [0.2, 0.25) is 0 Å². The number of amides is 1. The SMILES string of the molecule is CC(Br)Oc1cccc(C(=O)Nc2cc(Cl)c3c(c2)CN(C)CC3)c1. The Kier molecular flexibility index (Phi) is 5.67. The van der Waals surface area contributed by atoms with Crippen molar-refractivity contribution in [2.24, 2.45) is 0 Å². The zero-order valence-electron chi connectivity index (χ0n) is 14.2. The third-order valence-electron chi connectivity index (χ3n) is 4.12. The van der Waals surface area contributed by atoms with Gasteiger partial charge >= 0.3 is 0 Å². The fourth-order valence-corrected chi connectivity index (χ4v) is 3.51. The van der Waals surface area contributed by atoms with E-state index in [1.807, 2.05) is 25.1 Å². The highest BCUT2D eigenvalue weighted by atomic mass is 79.9. The second kappa shape index (κ2) is 7.77. The van der Waals surface area contributed by atoms with Gasteiger partial charge in [-0.25, -0.2) is 0 Å². The number of alkyl halides is 1. The number of halogens is 2. The van der Waals surface area contributed by atoms with Gasteiger partial charge in [-0.3, -0.25) is 4.79 Å². The molecule has 0 bridgehead atoms. The van der Waals surface area contributed by atoms with E-state index in [1.54, 1.807) is 18.2 Å². The van der Waals surface area contributed by atoms with Gasteiger partial charge in [-0.05, 0) is 77.8 Å². The first kappa shape index (κ1) is 18.2. The average molecular weight is 424 g/mol. The van der Waals surface area contributed by atoms with Crippen molar-refractivity contribution in [3.63, 3.8) is 0 Å². The van der Waals surface area contributed by atoms with E-state index in [9.17, 15) is 4.79 Å². The van der Waals surface area contributed by atoms with Gasteiger partial charge < -0.3 is 15.0 Å². The minimum Gasteiger partial charge on any atom is -0.480 e. The Balaban J connectivity index is 1.79. The maximum absolute atomic E-state index is 12.6. The van der Waals surface area contributed by atoms with Crippen LogP contribution in [-0.4, -0.2) is 29.4 Å². The monoisotopic (exact) mass is 422 g/mol. The lowest BCUT2D eigenvalue weighted by Crippen LogP contribution is -2.27. The number of carbonyl (C=O) groups is 1. The maximum atomic E-state index is 12.6. The molecular weight excluding hydrogens is 404 g/mol. The minimum absolute atomic E-state index is 0.123. The topological polar surface area (TPSA) is 41.6 Å². The van der Waals surface area contributed by atoms with Crippen molar-refractivity contribution in [1.82, 2.24) is 4.90 Å². The van der Waals surface area contributed by atoms with Crippen LogP contribution in [0.3, 0.4) is 0 Å². The van der Waals surface area contributed by atoms with Gasteiger partial charge in [0.15, 0.2) is 5.01 Å². The number of nitrogens with one attached hydrogen (secondary N) is 1. The number of likely N-dealkylation sites (N-methyl/N-ethyl adjacent to an activating group) is 1. The molecule has 3 rings (SSSR count). The highest BCUT2D eigenvalue weighted by Crippen LogP contribution is 2.30. The van der Waals surface area contributed by atoms with Gasteiger partial charge in [-0.2, -0.15) is 0 Å². The van der Waals surface area contributed by atoms with Crippen molar-refractivity contribution >= 4 is 39.1 Å². The molecule has 1 atom stereocenters. The summed E-state index contributed by atoms with van der Waals surface area (Å²) in [4.78, 5) is 14.8. The van der Waals surface area contributed by atoms with Crippen LogP contribution in [-0.2, 0) is 13.0 Å². The van der Waals surface area contributed by atoms with Crippen LogP contribution in [0.4, 0.5) is 5.69 Å². The maximum Gasteiger partial charge on any atom is 0.255 e. The average Bonchev–Trinajstić information content (AvgIpc) is 2.54. The van der Waals surface area contributed by atoms with Crippen molar-refractivity contribution in [3.8, 4) is 5.75 Å². The highest BCUT2D eigenvalue weighted by molar-refractivity contribution is 9.09. The standard InChI is InChI=1S/C19H20BrClN2O2/c1-12(20)25-16-5-3-4-13(9-16)19(24)22-15-8-14-11-23(2)7-6-17(14)18(21)10-15/h3-5,8-10,12H,6-7,11H2,1-2H3,(H,22,24). The first-order valence-corrected chi connectivity index (χ1v) is 9.43. The lowest BCUT2D eigenvalue weighted by atomic mass is 9.99. The molecule has 1 aliphatic heterocycles. The Morgan fingerprint density at radius 2 is 2.16 bits per heavy atom. The van der Waals surface area contributed by atoms with Crippen LogP contribution >= 0.6 is 27.5 Å². The Morgan fingerprint density at radius 1 is 1.36 bits per heavy atom. The fourth-order valence-electron chi connectivity index (χ4n) is 2.96. The molecule has 0 aliphatic carbocycles. The molecule has 4 nitrogen and oxygen atoms in total. The predicted molar refractivity (Wildman–Crippen MR) is 105 cm³/mol. The Labute approximate surface area is 161 Å². The number of ether oxygens (including phenoxy) is 1. The van der Waals surface area contributed by atoms with Crippen LogP contribution in [0.2, 0.25) is 5.02 Å². The third kappa shape index (κ3) is 4.54. The summed E-state index contributed by atoms with van der Waals surface area (Å²) in [6.07, 6.45) is 0.934. The minimum atomic E-state index is -0.187. The molecule has 1 amide bonds. The zero-order chi connectivity index (χ0) is 18.0. The van der Waals surface area contributed by atoms with Crippen molar-refractivity contribution < 1.29 is 9.53 Å². The Hall–Kier alpha value is -1.56. The quantitative estimate of drug-likeness (QED) is 0.725. The van der Waals surface area contributed by atoms with E-state index in [1.165, 1.54) is 11.1 Å². The summed E-state index contributed by atoms with van der Waals surface area (Å²) in [6, 6.07) is 10.9. The van der Waals surface area contributed by atoms with Crippen molar-refractivity contribution in [2.45, 2.75) is 24.9 Å². The van der Waals surface area contributed by atoms with E-state index in [2.05, 4.69) is 33.2 Å². The first-order valence-electron chi connectivity index (χ1n) is 8.14. The van der Waals surface area contributed by atoms with E-state index in [0.717, 1.165) is 19.5 Å². The van der Waals surface area contributed by atoms with Crippen molar-refractivity contribution in [3.05, 3.63) is 58.1 Å². The van der Waals surface area contributed by atoms with Gasteiger partial charge in [0.1, 0.15) is 5.75 Å². The number of anilines is 1. The largest absolute Gasteiger partial charge is 0.480 e. The molecule has 2 aromatic carbocycles. The van der Waals surface area contributed by atoms with Crippen LogP contribution in [0.25, 0.3) is 0 Å². The molecule has 2 aromatic rings. The summed E-state index contributed by atoms with van der Waals surface area (Å²) in [5.41, 5.74) is 3.60. The van der Waals surface area contributed by atoms with E-state index in [0.29, 0.717) is 22.0 Å². The molecule has 1 heterocycles. The van der Waals surface area contributed by atoms with E-state index >= 15 is 0 Å². The van der Waals surface area contributed by atoms with Gasteiger partial charge in [0, 0.05) is 29.4 Å². The summed E-state index contributed by atoms with van der Waals surface area (Å²) < 4.78 is 5.57. The summed E-state index contributed by atoms with van der Waals surface area (Å²) >= 11 is 9.74. The van der Waals surface area contributed by atoms with Gasteiger partial charge in [-0.15, -0.1) is 0 Å². The summed E-state index contributed by atoms with van der Waals surface area (Å²) in [5.74, 6) is 0.454. The van der Waals surface area contributed by atoms with Crippen LogP contribution in [0.1, 0.15) is 28.4 Å². The number of hydrogen-bond donors (Lipinski definition) is 1. The molecule has 0 saturated heterocycles. The van der Waals surface area contributed by atoms with Crippen molar-refractivity contribution in [1.29, 1.82) is 0 Å². The highest BCUT2D eigenvalue weighted by Gasteiger charge is 2.18. The fraction of sp³-hybridized carbons (Fsp3) is 0.316. The number of carbonyl (C=O) groups excluding carboxylic acids is 1. The molecule has 132 valence electrons. The van der Waals surface area contributed by atoms with Crippen LogP contribution in [0, 0.1) is 0 Å². The smallest absolute Gasteiger partial charge is 0.255 e. The zero-order valence-corrected chi connectivity index (χ0v) is 16.5. The van der Waals surface area contributed by atoms with Gasteiger partial charge in [-0.1, -0.05) is 17.7 Å². The van der Waals surface area contributed by atoms with Crippen molar-refractivity contribution in [2.75, 3.05) is 18.9 Å². The normalized spacial score (nSPS) is 15.4. The van der Waals surface area contributed by atoms with Crippen LogP contribution < -0.4 is 10.1 Å². The summed E-state index contributed by atoms with van der Waals surface area (Å²) in [5, 5.41) is 3.53. The number of rotatable bonds is 4. The van der Waals surface area contributed by atoms with E-state index < -0.39 is 0 Å². The first-order chi connectivity index (χ1) is 11.9. The molecule has 1 aliphatic rings. The second-order valence-corrected chi connectivity index (χ2v) is 7.92. The third-order valence-corrected chi connectivity index (χ3v) is 4.65. The second-order valence-electron chi connectivity index (χ2n) is 6.23. The summed E-state index contributed by atoms with van der Waals surface area (Å²) in [7, 11) is 2.08. The Morgan fingerprint density at radius 3 is 2.92 bits per heavy atom. The molecule has 0 spiro atoms. The van der Waals surface area contributed by atoms with Crippen LogP contribution in [0.5, 0.6) is 5.75 Å². The molecule has 0 saturated carbocycles.